The number of ketones is 1. The smallest absolute Gasteiger partial charge is 0.217 e. The fourth-order valence-electron chi connectivity index (χ4n) is 2.13. The Bertz CT molecular complexity index is 452. The van der Waals surface area contributed by atoms with Gasteiger partial charge in [-0.05, 0) is 37.0 Å². The van der Waals surface area contributed by atoms with Gasteiger partial charge in [-0.2, -0.15) is 0 Å². The number of hydrogen-bond acceptors (Lipinski definition) is 2. The van der Waals surface area contributed by atoms with Gasteiger partial charge in [-0.1, -0.05) is 25.1 Å². The summed E-state index contributed by atoms with van der Waals surface area (Å²) in [5, 5.41) is 2.72. The van der Waals surface area contributed by atoms with Crippen LogP contribution in [0.1, 0.15) is 37.5 Å². The third-order valence-corrected chi connectivity index (χ3v) is 3.16. The molecule has 1 rings (SSSR count). The van der Waals surface area contributed by atoms with Gasteiger partial charge in [0.05, 0.1) is 6.04 Å². The summed E-state index contributed by atoms with van der Waals surface area (Å²) in [5.74, 6) is -0.169. The lowest BCUT2D eigenvalue weighted by molar-refractivity contribution is -0.125. The van der Waals surface area contributed by atoms with Crippen molar-refractivity contribution in [2.75, 3.05) is 0 Å². The predicted octanol–water partition coefficient (Wildman–Crippen LogP) is 2.19. The standard InChI is InChI=1S/C15H21NO2/c1-5-13-8-6-7-10(2)14(13)9-15(11(3)17)16-12(4)18/h6-8,15H,5,9H2,1-4H3,(H,16,18). The van der Waals surface area contributed by atoms with Gasteiger partial charge in [-0.25, -0.2) is 0 Å². The van der Waals surface area contributed by atoms with Gasteiger partial charge >= 0.3 is 0 Å². The number of nitrogens with one attached hydrogen (secondary N) is 1. The summed E-state index contributed by atoms with van der Waals surface area (Å²) in [4.78, 5) is 22.7. The Morgan fingerprint density at radius 1 is 1.28 bits per heavy atom. The van der Waals surface area contributed by atoms with Crippen LogP contribution in [0.15, 0.2) is 18.2 Å². The highest BCUT2D eigenvalue weighted by Crippen LogP contribution is 2.17. The Morgan fingerprint density at radius 2 is 1.94 bits per heavy atom. The maximum Gasteiger partial charge on any atom is 0.217 e. The van der Waals surface area contributed by atoms with E-state index in [4.69, 9.17) is 0 Å². The molecule has 0 saturated heterocycles. The van der Waals surface area contributed by atoms with Gasteiger partial charge in [0.2, 0.25) is 5.91 Å². The van der Waals surface area contributed by atoms with Crippen molar-refractivity contribution in [3.63, 3.8) is 0 Å². The van der Waals surface area contributed by atoms with Gasteiger partial charge < -0.3 is 5.32 Å². The molecule has 0 aliphatic carbocycles. The highest BCUT2D eigenvalue weighted by atomic mass is 16.2. The minimum Gasteiger partial charge on any atom is -0.346 e. The Morgan fingerprint density at radius 3 is 2.44 bits per heavy atom. The summed E-state index contributed by atoms with van der Waals surface area (Å²) in [7, 11) is 0. The maximum absolute atomic E-state index is 11.6. The zero-order valence-corrected chi connectivity index (χ0v) is 11.5. The molecule has 0 aliphatic heterocycles. The molecule has 1 aromatic rings. The van der Waals surface area contributed by atoms with Gasteiger partial charge in [0.1, 0.15) is 0 Å². The predicted molar refractivity (Wildman–Crippen MR) is 72.5 cm³/mol. The number of carbonyl (C=O) groups excluding carboxylic acids is 2. The third kappa shape index (κ3) is 3.69. The molecule has 0 aromatic heterocycles. The molecule has 0 radical (unpaired) electrons. The van der Waals surface area contributed by atoms with Crippen LogP contribution in [-0.2, 0) is 22.4 Å². The van der Waals surface area contributed by atoms with Gasteiger partial charge in [-0.15, -0.1) is 0 Å². The average molecular weight is 247 g/mol. The van der Waals surface area contributed by atoms with E-state index in [0.717, 1.165) is 6.42 Å². The Kier molecular flexibility index (Phi) is 5.08. The van der Waals surface area contributed by atoms with E-state index in [2.05, 4.69) is 18.3 Å². The van der Waals surface area contributed by atoms with Crippen LogP contribution in [0.2, 0.25) is 0 Å². The molecule has 0 fully saturated rings. The van der Waals surface area contributed by atoms with Gasteiger partial charge in [0, 0.05) is 13.3 Å². The number of rotatable bonds is 5. The normalized spacial score (nSPS) is 12.0. The van der Waals surface area contributed by atoms with Crippen LogP contribution in [0, 0.1) is 6.92 Å². The summed E-state index contributed by atoms with van der Waals surface area (Å²) < 4.78 is 0. The SMILES string of the molecule is CCc1cccc(C)c1CC(NC(C)=O)C(C)=O. The van der Waals surface area contributed by atoms with Crippen molar-refractivity contribution in [3.8, 4) is 0 Å². The maximum atomic E-state index is 11.6. The van der Waals surface area contributed by atoms with E-state index in [9.17, 15) is 9.59 Å². The van der Waals surface area contributed by atoms with Crippen molar-refractivity contribution in [1.29, 1.82) is 0 Å². The Labute approximate surface area is 109 Å². The Hall–Kier alpha value is -1.64. The van der Waals surface area contributed by atoms with Crippen LogP contribution in [0.5, 0.6) is 0 Å². The number of carbonyl (C=O) groups is 2. The summed E-state index contributed by atoms with van der Waals surface area (Å²) in [6.45, 7) is 7.10. The monoisotopic (exact) mass is 247 g/mol. The number of benzene rings is 1. The second-order valence-electron chi connectivity index (χ2n) is 4.63. The van der Waals surface area contributed by atoms with Crippen molar-refractivity contribution < 1.29 is 9.59 Å². The zero-order chi connectivity index (χ0) is 13.7. The zero-order valence-electron chi connectivity index (χ0n) is 11.5. The molecule has 3 heteroatoms. The van der Waals surface area contributed by atoms with E-state index in [1.165, 1.54) is 30.5 Å². The highest BCUT2D eigenvalue weighted by molar-refractivity contribution is 5.87. The lowest BCUT2D eigenvalue weighted by atomic mass is 9.93. The molecule has 1 aromatic carbocycles. The molecule has 1 amide bonds. The molecule has 98 valence electrons. The van der Waals surface area contributed by atoms with Crippen LogP contribution in [0.4, 0.5) is 0 Å². The molecular weight excluding hydrogens is 226 g/mol. The van der Waals surface area contributed by atoms with Crippen molar-refractivity contribution in [2.45, 2.75) is 46.6 Å². The van der Waals surface area contributed by atoms with Crippen molar-refractivity contribution >= 4 is 11.7 Å². The molecule has 18 heavy (non-hydrogen) atoms. The fourth-order valence-corrected chi connectivity index (χ4v) is 2.13. The second kappa shape index (κ2) is 6.34. The minimum atomic E-state index is -0.422. The summed E-state index contributed by atoms with van der Waals surface area (Å²) in [6, 6.07) is 5.72. The van der Waals surface area contributed by atoms with Crippen molar-refractivity contribution in [3.05, 3.63) is 34.9 Å². The lowest BCUT2D eigenvalue weighted by Gasteiger charge is -2.18. The quantitative estimate of drug-likeness (QED) is 0.867. The van der Waals surface area contributed by atoms with Crippen LogP contribution in [0.25, 0.3) is 0 Å². The first-order chi connectivity index (χ1) is 8.45. The van der Waals surface area contributed by atoms with Gasteiger partial charge in [0.25, 0.3) is 0 Å². The molecular formula is C15H21NO2. The summed E-state index contributed by atoms with van der Waals surface area (Å²) in [6.07, 6.45) is 1.51. The molecule has 3 nitrogen and oxygen atoms in total. The van der Waals surface area contributed by atoms with Gasteiger partial charge in [-0.3, -0.25) is 9.59 Å². The number of hydrogen-bond donors (Lipinski definition) is 1. The van der Waals surface area contributed by atoms with E-state index in [1.807, 2.05) is 19.1 Å². The number of Topliss-reactive ketones (excluding diaryl/α,β-unsaturated/α-hetero) is 1. The summed E-state index contributed by atoms with van der Waals surface area (Å²) >= 11 is 0. The number of aryl methyl sites for hydroxylation is 2. The minimum absolute atomic E-state index is 0.00416. The van der Waals surface area contributed by atoms with Crippen LogP contribution in [0.3, 0.4) is 0 Å². The van der Waals surface area contributed by atoms with Crippen LogP contribution >= 0.6 is 0 Å². The first kappa shape index (κ1) is 14.4. The molecule has 0 aliphatic rings. The first-order valence-electron chi connectivity index (χ1n) is 6.30. The number of amides is 1. The van der Waals surface area contributed by atoms with E-state index in [0.29, 0.717) is 6.42 Å². The molecule has 1 atom stereocenters. The molecule has 0 saturated carbocycles. The van der Waals surface area contributed by atoms with Crippen LogP contribution in [-0.4, -0.2) is 17.7 Å². The molecule has 0 spiro atoms. The topological polar surface area (TPSA) is 46.2 Å². The summed E-state index contributed by atoms with van der Waals surface area (Å²) in [5.41, 5.74) is 3.59. The molecule has 0 bridgehead atoms. The van der Waals surface area contributed by atoms with E-state index < -0.39 is 6.04 Å². The van der Waals surface area contributed by atoms with Crippen LogP contribution < -0.4 is 5.32 Å². The first-order valence-corrected chi connectivity index (χ1v) is 6.30. The lowest BCUT2D eigenvalue weighted by Crippen LogP contribution is -2.40. The largest absolute Gasteiger partial charge is 0.346 e. The third-order valence-electron chi connectivity index (χ3n) is 3.16. The fraction of sp³-hybridized carbons (Fsp3) is 0.467. The highest BCUT2D eigenvalue weighted by Gasteiger charge is 2.18. The van der Waals surface area contributed by atoms with E-state index in [1.54, 1.807) is 0 Å². The molecule has 1 N–H and O–H groups in total. The van der Waals surface area contributed by atoms with Crippen molar-refractivity contribution in [1.82, 2.24) is 5.32 Å². The molecule has 0 heterocycles. The van der Waals surface area contributed by atoms with Gasteiger partial charge in [0.15, 0.2) is 5.78 Å². The van der Waals surface area contributed by atoms with E-state index >= 15 is 0 Å². The Balaban J connectivity index is 3.00. The molecule has 1 unspecified atom stereocenters. The second-order valence-corrected chi connectivity index (χ2v) is 4.63. The van der Waals surface area contributed by atoms with Crippen molar-refractivity contribution in [2.24, 2.45) is 0 Å². The average Bonchev–Trinajstić information content (AvgIpc) is 2.29. The van der Waals surface area contributed by atoms with E-state index in [-0.39, 0.29) is 11.7 Å².